The Labute approximate surface area is 162 Å². The number of nitrogens with zero attached hydrogens (tertiary/aromatic N) is 2. The Balaban J connectivity index is 1.92. The normalized spacial score (nSPS) is 12.4. The molecule has 4 aromatic rings. The number of hydrogen-bond acceptors (Lipinski definition) is 3. The van der Waals surface area contributed by atoms with Gasteiger partial charge >= 0.3 is 0 Å². The van der Waals surface area contributed by atoms with Crippen LogP contribution in [0.25, 0.3) is 10.9 Å². The molecule has 0 saturated heterocycles. The molecule has 2 aromatic heterocycles. The topological polar surface area (TPSA) is 39.8 Å². The highest BCUT2D eigenvalue weighted by Gasteiger charge is 2.21. The number of pyridine rings is 1. The molecule has 0 aliphatic carbocycles. The van der Waals surface area contributed by atoms with Crippen LogP contribution in [0.2, 0.25) is 5.02 Å². The van der Waals surface area contributed by atoms with Crippen molar-refractivity contribution in [2.75, 3.05) is 0 Å². The molecule has 0 aliphatic rings. The number of hydrogen-bond donors (Lipinski definition) is 0. The first kappa shape index (κ1) is 16.5. The summed E-state index contributed by atoms with van der Waals surface area (Å²) in [5, 5.41) is 16.6. The van der Waals surface area contributed by atoms with E-state index in [1.54, 1.807) is 17.4 Å². The van der Waals surface area contributed by atoms with E-state index in [2.05, 4.69) is 27.0 Å². The molecular weight excluding hydrogens is 420 g/mol. The highest BCUT2D eigenvalue weighted by atomic mass is 79.9. The van der Waals surface area contributed by atoms with Crippen molar-refractivity contribution in [2.24, 2.45) is 0 Å². The van der Waals surface area contributed by atoms with Gasteiger partial charge in [0.25, 0.3) is 0 Å². The van der Waals surface area contributed by atoms with E-state index < -0.39 is 0 Å². The fourth-order valence-corrected chi connectivity index (χ4v) is 4.28. The van der Waals surface area contributed by atoms with E-state index in [1.807, 2.05) is 48.0 Å². The lowest BCUT2D eigenvalue weighted by Gasteiger charge is -2.16. The average molecular weight is 432 g/mol. The Morgan fingerprint density at radius 1 is 1.08 bits per heavy atom. The van der Waals surface area contributed by atoms with Crippen molar-refractivity contribution >= 4 is 49.8 Å². The van der Waals surface area contributed by atoms with Crippen molar-refractivity contribution in [1.29, 1.82) is 0 Å². The fourth-order valence-electron chi connectivity index (χ4n) is 2.93. The zero-order chi connectivity index (χ0) is 17.4. The van der Waals surface area contributed by atoms with Crippen molar-refractivity contribution in [3.05, 3.63) is 97.1 Å². The molecule has 1 atom stereocenters. The average Bonchev–Trinajstić information content (AvgIpc) is 3.14. The molecule has 0 aliphatic heterocycles. The maximum absolute atomic E-state index is 12.0. The molecular formula is C19H12BrClN2OS. The van der Waals surface area contributed by atoms with Crippen LogP contribution >= 0.6 is 38.9 Å². The minimum Gasteiger partial charge on any atom is -0.618 e. The number of fused-ring (bicyclic) bond motifs is 1. The van der Waals surface area contributed by atoms with Crippen LogP contribution in [0.5, 0.6) is 0 Å². The van der Waals surface area contributed by atoms with Gasteiger partial charge in [-0.15, -0.1) is 11.3 Å². The number of halogens is 2. The second-order valence-corrected chi connectivity index (χ2v) is 7.84. The molecule has 3 nitrogen and oxygen atoms in total. The second-order valence-electron chi connectivity index (χ2n) is 5.62. The van der Waals surface area contributed by atoms with Gasteiger partial charge in [-0.3, -0.25) is 0 Å². The van der Waals surface area contributed by atoms with Crippen LogP contribution in [-0.4, -0.2) is 4.98 Å². The predicted octanol–water partition coefficient (Wildman–Crippen LogP) is 5.53. The van der Waals surface area contributed by atoms with E-state index in [0.29, 0.717) is 10.5 Å². The number of aromatic nitrogens is 2. The molecule has 0 bridgehead atoms. The van der Waals surface area contributed by atoms with Gasteiger partial charge in [-0.05, 0) is 45.3 Å². The van der Waals surface area contributed by atoms with Gasteiger partial charge in [0, 0.05) is 33.2 Å². The molecule has 0 fully saturated rings. The van der Waals surface area contributed by atoms with Crippen LogP contribution in [0.3, 0.4) is 0 Å². The van der Waals surface area contributed by atoms with Gasteiger partial charge in [-0.2, -0.15) is 4.73 Å². The molecule has 0 saturated carbocycles. The summed E-state index contributed by atoms with van der Waals surface area (Å²) in [6, 6.07) is 15.5. The van der Waals surface area contributed by atoms with E-state index in [-0.39, 0.29) is 5.92 Å². The molecule has 2 aromatic carbocycles. The van der Waals surface area contributed by atoms with E-state index in [0.717, 1.165) is 30.7 Å². The Morgan fingerprint density at radius 3 is 2.56 bits per heavy atom. The van der Waals surface area contributed by atoms with Crippen LogP contribution in [0.1, 0.15) is 22.1 Å². The van der Waals surface area contributed by atoms with Crippen molar-refractivity contribution in [2.45, 2.75) is 5.92 Å². The third kappa shape index (κ3) is 3.15. The molecule has 124 valence electrons. The van der Waals surface area contributed by atoms with Gasteiger partial charge in [0.05, 0.1) is 11.3 Å². The summed E-state index contributed by atoms with van der Waals surface area (Å²) < 4.78 is 1.77. The van der Waals surface area contributed by atoms with Crippen molar-refractivity contribution in [3.63, 3.8) is 0 Å². The monoisotopic (exact) mass is 430 g/mol. The van der Waals surface area contributed by atoms with E-state index in [1.165, 1.54) is 6.20 Å². The minimum absolute atomic E-state index is 0.00567. The van der Waals surface area contributed by atoms with Crippen molar-refractivity contribution in [3.8, 4) is 0 Å². The summed E-state index contributed by atoms with van der Waals surface area (Å²) >= 11 is 11.2. The lowest BCUT2D eigenvalue weighted by molar-refractivity contribution is -0.577. The molecule has 2 heterocycles. The predicted molar refractivity (Wildman–Crippen MR) is 105 cm³/mol. The zero-order valence-corrected chi connectivity index (χ0v) is 16.1. The van der Waals surface area contributed by atoms with Gasteiger partial charge in [0.2, 0.25) is 5.52 Å². The number of benzene rings is 2. The second kappa shape index (κ2) is 6.75. The summed E-state index contributed by atoms with van der Waals surface area (Å²) in [6.07, 6.45) is 3.31. The van der Waals surface area contributed by atoms with Crippen LogP contribution in [-0.2, 0) is 0 Å². The highest BCUT2D eigenvalue weighted by Crippen LogP contribution is 2.35. The number of thiazole rings is 1. The maximum atomic E-state index is 12.0. The molecule has 25 heavy (non-hydrogen) atoms. The molecule has 0 amide bonds. The van der Waals surface area contributed by atoms with E-state index in [9.17, 15) is 5.21 Å². The first-order valence-electron chi connectivity index (χ1n) is 7.59. The standard InChI is InChI=1S/C19H12BrClN2OS/c20-16-7-9-23(24)17-6-3-13(11-15(16)17)18(19-22-8-10-25-19)12-1-4-14(21)5-2-12/h1-11,18H. The summed E-state index contributed by atoms with van der Waals surface area (Å²) in [7, 11) is 0. The minimum atomic E-state index is -0.00567. The Kier molecular flexibility index (Phi) is 4.46. The zero-order valence-electron chi connectivity index (χ0n) is 12.9. The van der Waals surface area contributed by atoms with Crippen LogP contribution in [0.4, 0.5) is 0 Å². The summed E-state index contributed by atoms with van der Waals surface area (Å²) in [5.74, 6) is -0.00567. The smallest absolute Gasteiger partial charge is 0.224 e. The SMILES string of the molecule is [O-][n+]1ccc(Br)c2cc(C(c3ccc(Cl)cc3)c3nccs3)ccc21. The molecule has 4 rings (SSSR count). The van der Waals surface area contributed by atoms with Crippen molar-refractivity contribution in [1.82, 2.24) is 4.98 Å². The van der Waals surface area contributed by atoms with Gasteiger partial charge in [-0.1, -0.05) is 29.8 Å². The largest absolute Gasteiger partial charge is 0.618 e. The third-order valence-corrected chi connectivity index (χ3v) is 5.89. The molecule has 0 spiro atoms. The summed E-state index contributed by atoms with van der Waals surface area (Å²) in [5.41, 5.74) is 2.82. The highest BCUT2D eigenvalue weighted by molar-refractivity contribution is 9.10. The Hall–Kier alpha value is -1.95. The van der Waals surface area contributed by atoms with Gasteiger partial charge in [0.15, 0.2) is 6.20 Å². The number of rotatable bonds is 3. The van der Waals surface area contributed by atoms with Gasteiger partial charge in [0.1, 0.15) is 5.01 Å². The maximum Gasteiger partial charge on any atom is 0.224 e. The summed E-state index contributed by atoms with van der Waals surface area (Å²) in [6.45, 7) is 0. The Morgan fingerprint density at radius 2 is 1.84 bits per heavy atom. The molecule has 0 radical (unpaired) electrons. The van der Waals surface area contributed by atoms with Gasteiger partial charge in [-0.25, -0.2) is 4.98 Å². The fraction of sp³-hybridized carbons (Fsp3) is 0.0526. The van der Waals surface area contributed by atoms with Crippen LogP contribution in [0.15, 0.2) is 70.8 Å². The van der Waals surface area contributed by atoms with Crippen LogP contribution < -0.4 is 4.73 Å². The van der Waals surface area contributed by atoms with Gasteiger partial charge < -0.3 is 5.21 Å². The summed E-state index contributed by atoms with van der Waals surface area (Å²) in [4.78, 5) is 4.52. The lowest BCUT2D eigenvalue weighted by atomic mass is 9.91. The van der Waals surface area contributed by atoms with Crippen LogP contribution in [0, 0.1) is 5.21 Å². The molecule has 6 heteroatoms. The first-order chi connectivity index (χ1) is 12.1. The van der Waals surface area contributed by atoms with E-state index in [4.69, 9.17) is 11.6 Å². The molecule has 0 N–H and O–H groups in total. The van der Waals surface area contributed by atoms with E-state index >= 15 is 0 Å². The lowest BCUT2D eigenvalue weighted by Crippen LogP contribution is -2.26. The third-order valence-electron chi connectivity index (χ3n) is 4.11. The Bertz CT molecular complexity index is 1040. The first-order valence-corrected chi connectivity index (χ1v) is 9.65. The molecule has 1 unspecified atom stereocenters. The van der Waals surface area contributed by atoms with Crippen molar-refractivity contribution < 1.29 is 4.73 Å². The quantitative estimate of drug-likeness (QED) is 0.316.